The molecule has 0 aliphatic rings. The van der Waals surface area contributed by atoms with Crippen molar-refractivity contribution in [1.29, 1.82) is 0 Å². The number of hydrogen-bond donors (Lipinski definition) is 1. The lowest BCUT2D eigenvalue weighted by Gasteiger charge is -2.24. The Hall–Kier alpha value is -3.28. The zero-order chi connectivity index (χ0) is 22.0. The van der Waals surface area contributed by atoms with E-state index < -0.39 is 11.6 Å². The van der Waals surface area contributed by atoms with Crippen LogP contribution in [-0.4, -0.2) is 37.7 Å². The maximum Gasteiger partial charge on any atom is 0.349 e. The first-order valence-corrected chi connectivity index (χ1v) is 9.89. The average molecular weight is 411 g/mol. The summed E-state index contributed by atoms with van der Waals surface area (Å²) >= 11 is 0. The molecule has 0 unspecified atom stereocenters. The lowest BCUT2D eigenvalue weighted by Crippen LogP contribution is -2.39. The molecule has 0 atom stereocenters. The molecule has 0 aliphatic heterocycles. The second-order valence-corrected chi connectivity index (χ2v) is 7.12. The van der Waals surface area contributed by atoms with Crippen LogP contribution < -0.4 is 14.8 Å². The molecule has 1 N–H and O–H groups in total. The fourth-order valence-corrected chi connectivity index (χ4v) is 2.64. The summed E-state index contributed by atoms with van der Waals surface area (Å²) in [6.45, 7) is 5.93. The Morgan fingerprint density at radius 3 is 2.23 bits per heavy atom. The zero-order valence-electron chi connectivity index (χ0n) is 17.9. The van der Waals surface area contributed by atoms with E-state index in [1.165, 1.54) is 6.08 Å². The SMILES string of the molecule is CCOC(=O)C(C)(C)Oc1ccc(CCNC(=O)C=Cc2ccc(OC)cc2)cc1. The molecule has 0 saturated carbocycles. The van der Waals surface area contributed by atoms with Crippen molar-refractivity contribution in [3.63, 3.8) is 0 Å². The van der Waals surface area contributed by atoms with E-state index >= 15 is 0 Å². The smallest absolute Gasteiger partial charge is 0.349 e. The van der Waals surface area contributed by atoms with E-state index in [9.17, 15) is 9.59 Å². The van der Waals surface area contributed by atoms with Crippen LogP contribution >= 0.6 is 0 Å². The predicted octanol–water partition coefficient (Wildman–Crippen LogP) is 3.79. The summed E-state index contributed by atoms with van der Waals surface area (Å²) in [5.41, 5.74) is 0.921. The van der Waals surface area contributed by atoms with Crippen LogP contribution in [0.2, 0.25) is 0 Å². The normalized spacial score (nSPS) is 11.2. The van der Waals surface area contributed by atoms with E-state index in [0.29, 0.717) is 25.3 Å². The summed E-state index contributed by atoms with van der Waals surface area (Å²) in [6.07, 6.45) is 3.95. The van der Waals surface area contributed by atoms with Gasteiger partial charge in [-0.3, -0.25) is 4.79 Å². The molecule has 0 heterocycles. The van der Waals surface area contributed by atoms with Gasteiger partial charge in [-0.05, 0) is 68.7 Å². The number of carbonyl (C=O) groups excluding carboxylic acids is 2. The third-order valence-corrected chi connectivity index (χ3v) is 4.32. The summed E-state index contributed by atoms with van der Waals surface area (Å²) < 4.78 is 15.9. The van der Waals surface area contributed by atoms with Crippen LogP contribution in [0.5, 0.6) is 11.5 Å². The Labute approximate surface area is 177 Å². The highest BCUT2D eigenvalue weighted by molar-refractivity contribution is 5.91. The van der Waals surface area contributed by atoms with Gasteiger partial charge < -0.3 is 19.5 Å². The van der Waals surface area contributed by atoms with Crippen molar-refractivity contribution >= 4 is 18.0 Å². The summed E-state index contributed by atoms with van der Waals surface area (Å²) in [5.74, 6) is 0.808. The third-order valence-electron chi connectivity index (χ3n) is 4.32. The van der Waals surface area contributed by atoms with Crippen molar-refractivity contribution in [1.82, 2.24) is 5.32 Å². The van der Waals surface area contributed by atoms with Gasteiger partial charge in [0, 0.05) is 12.6 Å². The minimum atomic E-state index is -1.05. The molecule has 0 spiro atoms. The molecular formula is C24H29NO5. The molecule has 0 radical (unpaired) electrons. The van der Waals surface area contributed by atoms with Crippen molar-refractivity contribution in [2.24, 2.45) is 0 Å². The molecule has 0 aliphatic carbocycles. The summed E-state index contributed by atoms with van der Waals surface area (Å²) in [6, 6.07) is 14.9. The lowest BCUT2D eigenvalue weighted by atomic mass is 10.1. The molecule has 0 aromatic heterocycles. The van der Waals surface area contributed by atoms with Gasteiger partial charge in [0.05, 0.1) is 13.7 Å². The average Bonchev–Trinajstić information content (AvgIpc) is 2.74. The molecule has 0 saturated heterocycles. The van der Waals surface area contributed by atoms with Crippen LogP contribution in [0.3, 0.4) is 0 Å². The van der Waals surface area contributed by atoms with Gasteiger partial charge in [0.25, 0.3) is 0 Å². The molecule has 6 nitrogen and oxygen atoms in total. The second-order valence-electron chi connectivity index (χ2n) is 7.12. The fraction of sp³-hybridized carbons (Fsp3) is 0.333. The highest BCUT2D eigenvalue weighted by Crippen LogP contribution is 2.20. The Bertz CT molecular complexity index is 854. The summed E-state index contributed by atoms with van der Waals surface area (Å²) in [5, 5.41) is 2.86. The van der Waals surface area contributed by atoms with Gasteiger partial charge in [-0.15, -0.1) is 0 Å². The molecular weight excluding hydrogens is 382 g/mol. The number of nitrogens with one attached hydrogen (secondary N) is 1. The Balaban J connectivity index is 1.78. The first-order chi connectivity index (χ1) is 14.3. The van der Waals surface area contributed by atoms with Crippen molar-refractivity contribution in [3.05, 3.63) is 65.7 Å². The van der Waals surface area contributed by atoms with E-state index in [0.717, 1.165) is 16.9 Å². The highest BCUT2D eigenvalue weighted by Gasteiger charge is 2.31. The van der Waals surface area contributed by atoms with E-state index in [1.807, 2.05) is 48.5 Å². The Kier molecular flexibility index (Phi) is 8.47. The Morgan fingerprint density at radius 1 is 1.00 bits per heavy atom. The first kappa shape index (κ1) is 23.0. The predicted molar refractivity (Wildman–Crippen MR) is 117 cm³/mol. The summed E-state index contributed by atoms with van der Waals surface area (Å²) in [4.78, 5) is 23.9. The van der Waals surface area contributed by atoms with E-state index in [-0.39, 0.29) is 5.91 Å². The maximum absolute atomic E-state index is 12.0. The number of rotatable bonds is 10. The van der Waals surface area contributed by atoms with Crippen LogP contribution in [0.25, 0.3) is 6.08 Å². The molecule has 1 amide bonds. The molecule has 160 valence electrons. The summed E-state index contributed by atoms with van der Waals surface area (Å²) in [7, 11) is 1.61. The standard InChI is InChI=1S/C24H29NO5/c1-5-29-23(27)24(2,3)30-21-13-8-19(9-14-21)16-17-25-22(26)15-10-18-6-11-20(28-4)12-7-18/h6-15H,5,16-17H2,1-4H3,(H,25,26). The minimum absolute atomic E-state index is 0.151. The zero-order valence-corrected chi connectivity index (χ0v) is 17.9. The van der Waals surface area contributed by atoms with E-state index in [4.69, 9.17) is 14.2 Å². The van der Waals surface area contributed by atoms with Gasteiger partial charge >= 0.3 is 5.97 Å². The lowest BCUT2D eigenvalue weighted by molar-refractivity contribution is -0.158. The largest absolute Gasteiger partial charge is 0.497 e. The van der Waals surface area contributed by atoms with Gasteiger partial charge in [0.2, 0.25) is 5.91 Å². The van der Waals surface area contributed by atoms with Crippen LogP contribution in [0.15, 0.2) is 54.6 Å². The van der Waals surface area contributed by atoms with Crippen molar-refractivity contribution in [3.8, 4) is 11.5 Å². The molecule has 0 bridgehead atoms. The van der Waals surface area contributed by atoms with Gasteiger partial charge in [-0.25, -0.2) is 4.79 Å². The van der Waals surface area contributed by atoms with Crippen LogP contribution in [0.4, 0.5) is 0 Å². The number of amides is 1. The number of carbonyl (C=O) groups is 2. The van der Waals surface area contributed by atoms with Crippen molar-refractivity contribution < 1.29 is 23.8 Å². The van der Waals surface area contributed by atoms with Gasteiger partial charge in [0.1, 0.15) is 11.5 Å². The molecule has 2 aromatic carbocycles. The molecule has 0 fully saturated rings. The number of hydrogen-bond acceptors (Lipinski definition) is 5. The van der Waals surface area contributed by atoms with Gasteiger partial charge in [-0.2, -0.15) is 0 Å². The fourth-order valence-electron chi connectivity index (χ4n) is 2.64. The first-order valence-electron chi connectivity index (χ1n) is 9.89. The number of benzene rings is 2. The molecule has 6 heteroatoms. The maximum atomic E-state index is 12.0. The second kappa shape index (κ2) is 11.0. The highest BCUT2D eigenvalue weighted by atomic mass is 16.6. The topological polar surface area (TPSA) is 73.9 Å². The van der Waals surface area contributed by atoms with Crippen LogP contribution in [-0.2, 0) is 20.7 Å². The van der Waals surface area contributed by atoms with E-state index in [1.54, 1.807) is 34.0 Å². The van der Waals surface area contributed by atoms with Crippen molar-refractivity contribution in [2.45, 2.75) is 32.8 Å². The molecule has 30 heavy (non-hydrogen) atoms. The molecule has 2 aromatic rings. The van der Waals surface area contributed by atoms with Gasteiger partial charge in [0.15, 0.2) is 5.60 Å². The van der Waals surface area contributed by atoms with Crippen molar-refractivity contribution in [2.75, 3.05) is 20.3 Å². The quantitative estimate of drug-likeness (QED) is 0.476. The van der Waals surface area contributed by atoms with Crippen LogP contribution in [0, 0.1) is 0 Å². The van der Waals surface area contributed by atoms with E-state index in [2.05, 4.69) is 5.32 Å². The third kappa shape index (κ3) is 7.28. The van der Waals surface area contributed by atoms with Crippen LogP contribution in [0.1, 0.15) is 31.9 Å². The number of esters is 1. The number of ether oxygens (including phenoxy) is 3. The van der Waals surface area contributed by atoms with Gasteiger partial charge in [-0.1, -0.05) is 24.3 Å². The monoisotopic (exact) mass is 411 g/mol. The Morgan fingerprint density at radius 2 is 1.63 bits per heavy atom. The molecule has 2 rings (SSSR count). The minimum Gasteiger partial charge on any atom is -0.497 e. The number of methoxy groups -OCH3 is 1.